The van der Waals surface area contributed by atoms with E-state index >= 15 is 0 Å². The topological polar surface area (TPSA) is 33.2 Å². The van der Waals surface area contributed by atoms with Crippen molar-refractivity contribution >= 4 is 16.8 Å². The highest BCUT2D eigenvalue weighted by Gasteiger charge is 2.16. The molecule has 0 spiro atoms. The number of carbonyl (C=O) groups is 1. The Morgan fingerprint density at radius 3 is 2.46 bits per heavy atom. The largest absolute Gasteiger partial charge is 0.339 e. The summed E-state index contributed by atoms with van der Waals surface area (Å²) in [5.41, 5.74) is 2.43. The molecule has 3 nitrogen and oxygen atoms in total. The van der Waals surface area contributed by atoms with Gasteiger partial charge in [-0.15, -0.1) is 0 Å². The van der Waals surface area contributed by atoms with E-state index in [2.05, 4.69) is 4.98 Å². The second-order valence-corrected chi connectivity index (χ2v) is 6.40. The third-order valence-corrected chi connectivity index (χ3v) is 4.39. The van der Waals surface area contributed by atoms with Crippen LogP contribution in [-0.2, 0) is 0 Å². The predicted octanol–water partition coefficient (Wildman–Crippen LogP) is 5.30. The van der Waals surface area contributed by atoms with Crippen LogP contribution in [-0.4, -0.2) is 28.9 Å². The summed E-state index contributed by atoms with van der Waals surface area (Å²) < 4.78 is 14.7. The van der Waals surface area contributed by atoms with Gasteiger partial charge in [0.05, 0.1) is 5.52 Å². The Bertz CT molecular complexity index is 917. The van der Waals surface area contributed by atoms with E-state index in [1.54, 1.807) is 23.2 Å². The molecule has 0 N–H and O–H groups in total. The van der Waals surface area contributed by atoms with Gasteiger partial charge in [0, 0.05) is 41.4 Å². The SMILES string of the molecule is CCCN(CCC)C(=O)c1ccc(-c2cnc3ccccc3c2)c(F)c1. The summed E-state index contributed by atoms with van der Waals surface area (Å²) in [5.74, 6) is -0.517. The molecule has 1 aromatic heterocycles. The first-order valence-corrected chi connectivity index (χ1v) is 9.08. The van der Waals surface area contributed by atoms with Crippen molar-refractivity contribution in [3.63, 3.8) is 0 Å². The molecule has 0 aliphatic rings. The van der Waals surface area contributed by atoms with E-state index < -0.39 is 5.82 Å². The number of halogens is 1. The number of aromatic nitrogens is 1. The molecule has 2 aromatic carbocycles. The van der Waals surface area contributed by atoms with Gasteiger partial charge in [-0.05, 0) is 37.1 Å². The number of amides is 1. The molecule has 0 bridgehead atoms. The van der Waals surface area contributed by atoms with Crippen LogP contribution < -0.4 is 0 Å². The summed E-state index contributed by atoms with van der Waals surface area (Å²) in [6, 6.07) is 14.4. The van der Waals surface area contributed by atoms with E-state index in [-0.39, 0.29) is 5.91 Å². The summed E-state index contributed by atoms with van der Waals surface area (Å²) in [5, 5.41) is 0.960. The fraction of sp³-hybridized carbons (Fsp3) is 0.273. The van der Waals surface area contributed by atoms with Crippen molar-refractivity contribution < 1.29 is 9.18 Å². The third kappa shape index (κ3) is 3.74. The van der Waals surface area contributed by atoms with Gasteiger partial charge in [0.1, 0.15) is 5.82 Å². The smallest absolute Gasteiger partial charge is 0.253 e. The fourth-order valence-corrected chi connectivity index (χ4v) is 3.14. The van der Waals surface area contributed by atoms with E-state index in [9.17, 15) is 9.18 Å². The van der Waals surface area contributed by atoms with Gasteiger partial charge >= 0.3 is 0 Å². The zero-order valence-electron chi connectivity index (χ0n) is 15.2. The molecule has 0 saturated heterocycles. The van der Waals surface area contributed by atoms with Gasteiger partial charge in [-0.2, -0.15) is 0 Å². The summed E-state index contributed by atoms with van der Waals surface area (Å²) in [7, 11) is 0. The Morgan fingerprint density at radius 2 is 1.77 bits per heavy atom. The molecular weight excluding hydrogens is 327 g/mol. The quantitative estimate of drug-likeness (QED) is 0.604. The van der Waals surface area contributed by atoms with Gasteiger partial charge in [0.25, 0.3) is 5.91 Å². The van der Waals surface area contributed by atoms with Crippen molar-refractivity contribution in [3.8, 4) is 11.1 Å². The van der Waals surface area contributed by atoms with E-state index in [1.165, 1.54) is 6.07 Å². The standard InChI is InChI=1S/C22H23FN2O/c1-3-11-25(12-4-2)22(26)17-9-10-19(20(23)14-17)18-13-16-7-5-6-8-21(16)24-15-18/h5-10,13-15H,3-4,11-12H2,1-2H3. The third-order valence-electron chi connectivity index (χ3n) is 4.39. The lowest BCUT2D eigenvalue weighted by molar-refractivity contribution is 0.0755. The summed E-state index contributed by atoms with van der Waals surface area (Å²) >= 11 is 0. The lowest BCUT2D eigenvalue weighted by atomic mass is 10.0. The molecule has 1 heterocycles. The van der Waals surface area contributed by atoms with Crippen molar-refractivity contribution in [2.75, 3.05) is 13.1 Å². The molecule has 0 fully saturated rings. The van der Waals surface area contributed by atoms with E-state index in [0.29, 0.717) is 29.8 Å². The van der Waals surface area contributed by atoms with Crippen LogP contribution in [0.4, 0.5) is 4.39 Å². The molecule has 4 heteroatoms. The molecule has 134 valence electrons. The average molecular weight is 350 g/mol. The molecule has 0 unspecified atom stereocenters. The molecule has 0 saturated carbocycles. The van der Waals surface area contributed by atoms with E-state index in [1.807, 2.05) is 44.2 Å². The van der Waals surface area contributed by atoms with Gasteiger partial charge < -0.3 is 4.90 Å². The zero-order chi connectivity index (χ0) is 18.5. The van der Waals surface area contributed by atoms with Gasteiger partial charge in [0.15, 0.2) is 0 Å². The van der Waals surface area contributed by atoms with Gasteiger partial charge in [-0.1, -0.05) is 38.1 Å². The Kier molecular flexibility index (Phi) is 5.61. The molecule has 3 rings (SSSR count). The summed E-state index contributed by atoms with van der Waals surface area (Å²) in [4.78, 5) is 18.8. The van der Waals surface area contributed by atoms with E-state index in [4.69, 9.17) is 0 Å². The number of benzene rings is 2. The summed E-state index contributed by atoms with van der Waals surface area (Å²) in [6.07, 6.45) is 3.44. The van der Waals surface area contributed by atoms with Crippen molar-refractivity contribution in [1.82, 2.24) is 9.88 Å². The first kappa shape index (κ1) is 18.1. The molecule has 0 aliphatic heterocycles. The molecular formula is C22H23FN2O. The lowest BCUT2D eigenvalue weighted by Crippen LogP contribution is -2.32. The van der Waals surface area contributed by atoms with Crippen LogP contribution in [0.25, 0.3) is 22.0 Å². The van der Waals surface area contributed by atoms with Crippen LogP contribution >= 0.6 is 0 Å². The van der Waals surface area contributed by atoms with Crippen LogP contribution in [0.1, 0.15) is 37.0 Å². The Labute approximate surface area is 153 Å². The molecule has 0 radical (unpaired) electrons. The Balaban J connectivity index is 1.92. The fourth-order valence-electron chi connectivity index (χ4n) is 3.14. The monoisotopic (exact) mass is 350 g/mol. The minimum absolute atomic E-state index is 0.115. The molecule has 1 amide bonds. The average Bonchev–Trinajstić information content (AvgIpc) is 2.67. The minimum Gasteiger partial charge on any atom is -0.339 e. The second-order valence-electron chi connectivity index (χ2n) is 6.40. The first-order valence-electron chi connectivity index (χ1n) is 9.08. The zero-order valence-corrected chi connectivity index (χ0v) is 15.2. The summed E-state index contributed by atoms with van der Waals surface area (Å²) in [6.45, 7) is 5.44. The highest BCUT2D eigenvalue weighted by Crippen LogP contribution is 2.26. The van der Waals surface area contributed by atoms with Crippen molar-refractivity contribution in [1.29, 1.82) is 0 Å². The molecule has 3 aromatic rings. The van der Waals surface area contributed by atoms with E-state index in [0.717, 1.165) is 23.7 Å². The molecule has 0 aliphatic carbocycles. The van der Waals surface area contributed by atoms with Crippen LogP contribution in [0, 0.1) is 5.82 Å². The first-order chi connectivity index (χ1) is 12.6. The van der Waals surface area contributed by atoms with Crippen LogP contribution in [0.15, 0.2) is 54.7 Å². The number of hydrogen-bond donors (Lipinski definition) is 0. The number of rotatable bonds is 6. The number of fused-ring (bicyclic) bond motifs is 1. The lowest BCUT2D eigenvalue weighted by Gasteiger charge is -2.21. The molecule has 0 atom stereocenters. The van der Waals surface area contributed by atoms with Crippen LogP contribution in [0.5, 0.6) is 0 Å². The number of carbonyl (C=O) groups excluding carboxylic acids is 1. The van der Waals surface area contributed by atoms with Crippen LogP contribution in [0.3, 0.4) is 0 Å². The second kappa shape index (κ2) is 8.09. The van der Waals surface area contributed by atoms with Gasteiger partial charge in [-0.3, -0.25) is 9.78 Å². The maximum atomic E-state index is 14.7. The van der Waals surface area contributed by atoms with Crippen molar-refractivity contribution in [2.45, 2.75) is 26.7 Å². The maximum Gasteiger partial charge on any atom is 0.253 e. The van der Waals surface area contributed by atoms with Crippen LogP contribution in [0.2, 0.25) is 0 Å². The number of hydrogen-bond acceptors (Lipinski definition) is 2. The van der Waals surface area contributed by atoms with Gasteiger partial charge in [0.2, 0.25) is 0 Å². The highest BCUT2D eigenvalue weighted by molar-refractivity contribution is 5.95. The molecule has 26 heavy (non-hydrogen) atoms. The number of para-hydroxylation sites is 1. The van der Waals surface area contributed by atoms with Gasteiger partial charge in [-0.25, -0.2) is 4.39 Å². The highest BCUT2D eigenvalue weighted by atomic mass is 19.1. The maximum absolute atomic E-state index is 14.7. The normalized spacial score (nSPS) is 10.9. The number of nitrogens with zero attached hydrogens (tertiary/aromatic N) is 2. The van der Waals surface area contributed by atoms with Crippen molar-refractivity contribution in [3.05, 3.63) is 66.1 Å². The Hall–Kier alpha value is -2.75. The Morgan fingerprint density at radius 1 is 1.04 bits per heavy atom. The minimum atomic E-state index is -0.402. The predicted molar refractivity (Wildman–Crippen MR) is 104 cm³/mol. The number of pyridine rings is 1. The van der Waals surface area contributed by atoms with Crippen molar-refractivity contribution in [2.24, 2.45) is 0 Å².